The van der Waals surface area contributed by atoms with E-state index in [0.29, 0.717) is 6.61 Å². The second-order valence-electron chi connectivity index (χ2n) is 8.55. The number of rotatable bonds is 4. The lowest BCUT2D eigenvalue weighted by Crippen LogP contribution is -2.62. The van der Waals surface area contributed by atoms with Crippen LogP contribution in [0, 0.1) is 6.92 Å². The molecule has 2 aliphatic heterocycles. The van der Waals surface area contributed by atoms with Crippen molar-refractivity contribution in [3.05, 3.63) is 107 Å². The van der Waals surface area contributed by atoms with Gasteiger partial charge in [-0.05, 0) is 18.1 Å². The molecule has 0 radical (unpaired) electrons. The van der Waals surface area contributed by atoms with Crippen molar-refractivity contribution in [1.29, 1.82) is 0 Å². The third-order valence-electron chi connectivity index (χ3n) is 6.33. The number of piperazine rings is 1. The highest BCUT2D eigenvalue weighted by Gasteiger charge is 2.56. The Kier molecular flexibility index (Phi) is 5.60. The number of aryl methyl sites for hydroxylation is 1. The highest BCUT2D eigenvalue weighted by molar-refractivity contribution is 5.85. The SMILES string of the molecule is Cc1ccc([C@]23CN(C(=O)OCc4ccccc4)CC(=O)N2[C@H](c2ccccc2)CO3)cc1. The molecule has 5 rings (SSSR count). The predicted molar refractivity (Wildman–Crippen MR) is 123 cm³/mol. The Labute approximate surface area is 193 Å². The van der Waals surface area contributed by atoms with Gasteiger partial charge in [-0.25, -0.2) is 4.79 Å². The molecule has 33 heavy (non-hydrogen) atoms. The molecule has 0 N–H and O–H groups in total. The molecule has 2 saturated heterocycles. The largest absolute Gasteiger partial charge is 0.445 e. The lowest BCUT2D eigenvalue weighted by atomic mass is 9.95. The van der Waals surface area contributed by atoms with Crippen LogP contribution in [-0.4, -0.2) is 41.5 Å². The smallest absolute Gasteiger partial charge is 0.410 e. The van der Waals surface area contributed by atoms with Gasteiger partial charge in [0, 0.05) is 5.56 Å². The van der Waals surface area contributed by atoms with E-state index in [-0.39, 0.29) is 31.6 Å². The van der Waals surface area contributed by atoms with Crippen molar-refractivity contribution in [1.82, 2.24) is 9.80 Å². The molecule has 2 heterocycles. The number of nitrogens with zero attached hydrogens (tertiary/aromatic N) is 2. The number of amides is 2. The fourth-order valence-electron chi connectivity index (χ4n) is 4.65. The molecule has 0 unspecified atom stereocenters. The monoisotopic (exact) mass is 442 g/mol. The summed E-state index contributed by atoms with van der Waals surface area (Å²) in [5, 5.41) is 0. The highest BCUT2D eigenvalue weighted by Crippen LogP contribution is 2.46. The van der Waals surface area contributed by atoms with Crippen molar-refractivity contribution in [3.63, 3.8) is 0 Å². The van der Waals surface area contributed by atoms with Crippen molar-refractivity contribution in [2.45, 2.75) is 25.3 Å². The average Bonchev–Trinajstić information content (AvgIpc) is 3.25. The summed E-state index contributed by atoms with van der Waals surface area (Å²) in [5.74, 6) is -0.162. The summed E-state index contributed by atoms with van der Waals surface area (Å²) in [6.07, 6.45) is -0.523. The van der Waals surface area contributed by atoms with E-state index >= 15 is 0 Å². The van der Waals surface area contributed by atoms with E-state index < -0.39 is 11.8 Å². The maximum Gasteiger partial charge on any atom is 0.410 e. The zero-order valence-electron chi connectivity index (χ0n) is 18.5. The van der Waals surface area contributed by atoms with Gasteiger partial charge in [0.1, 0.15) is 13.2 Å². The molecule has 2 atom stereocenters. The van der Waals surface area contributed by atoms with Gasteiger partial charge in [-0.1, -0.05) is 90.5 Å². The van der Waals surface area contributed by atoms with Crippen LogP contribution in [0.2, 0.25) is 0 Å². The van der Waals surface area contributed by atoms with Crippen LogP contribution < -0.4 is 0 Å². The summed E-state index contributed by atoms with van der Waals surface area (Å²) >= 11 is 0. The first-order valence-electron chi connectivity index (χ1n) is 11.1. The maximum atomic E-state index is 13.5. The maximum absolute atomic E-state index is 13.5. The first kappa shape index (κ1) is 21.2. The van der Waals surface area contributed by atoms with Gasteiger partial charge in [0.05, 0.1) is 19.2 Å². The van der Waals surface area contributed by atoms with Crippen LogP contribution in [0.3, 0.4) is 0 Å². The van der Waals surface area contributed by atoms with Crippen molar-refractivity contribution in [2.24, 2.45) is 0 Å². The number of fused-ring (bicyclic) bond motifs is 1. The van der Waals surface area contributed by atoms with Crippen LogP contribution in [0.25, 0.3) is 0 Å². The van der Waals surface area contributed by atoms with E-state index in [0.717, 1.165) is 22.3 Å². The van der Waals surface area contributed by atoms with Crippen LogP contribution >= 0.6 is 0 Å². The van der Waals surface area contributed by atoms with Crippen molar-refractivity contribution in [3.8, 4) is 0 Å². The summed E-state index contributed by atoms with van der Waals surface area (Å²) in [4.78, 5) is 29.7. The van der Waals surface area contributed by atoms with E-state index in [1.807, 2.05) is 96.8 Å². The molecule has 0 aromatic heterocycles. The van der Waals surface area contributed by atoms with Crippen molar-refractivity contribution in [2.75, 3.05) is 19.7 Å². The van der Waals surface area contributed by atoms with Gasteiger partial charge >= 0.3 is 6.09 Å². The number of hydrogen-bond donors (Lipinski definition) is 0. The fraction of sp³-hybridized carbons (Fsp3) is 0.259. The molecule has 3 aromatic rings. The molecule has 2 fully saturated rings. The van der Waals surface area contributed by atoms with Crippen LogP contribution in [0.1, 0.15) is 28.3 Å². The van der Waals surface area contributed by atoms with Crippen LogP contribution in [0.4, 0.5) is 4.79 Å². The van der Waals surface area contributed by atoms with Gasteiger partial charge in [-0.15, -0.1) is 0 Å². The normalized spacial score (nSPS) is 22.2. The average molecular weight is 443 g/mol. The summed E-state index contributed by atoms with van der Waals surface area (Å²) in [6.45, 7) is 2.68. The minimum Gasteiger partial charge on any atom is -0.445 e. The van der Waals surface area contributed by atoms with E-state index in [1.54, 1.807) is 0 Å². The summed E-state index contributed by atoms with van der Waals surface area (Å²) in [5.41, 5.74) is 2.81. The molecular formula is C27H26N2O4. The molecule has 168 valence electrons. The van der Waals surface area contributed by atoms with Crippen LogP contribution in [0.15, 0.2) is 84.9 Å². The van der Waals surface area contributed by atoms with Crippen molar-refractivity contribution < 1.29 is 19.1 Å². The summed E-state index contributed by atoms with van der Waals surface area (Å²) in [6, 6.07) is 27.1. The van der Waals surface area contributed by atoms with E-state index in [2.05, 4.69) is 0 Å². The quantitative estimate of drug-likeness (QED) is 0.601. The van der Waals surface area contributed by atoms with E-state index in [9.17, 15) is 9.59 Å². The van der Waals surface area contributed by atoms with Crippen LogP contribution in [0.5, 0.6) is 0 Å². The molecule has 0 saturated carbocycles. The second kappa shape index (κ2) is 8.71. The molecule has 2 amide bonds. The lowest BCUT2D eigenvalue weighted by Gasteiger charge is -2.46. The van der Waals surface area contributed by atoms with Crippen molar-refractivity contribution >= 4 is 12.0 Å². The molecule has 3 aromatic carbocycles. The minimum absolute atomic E-state index is 0.0477. The lowest BCUT2D eigenvalue weighted by molar-refractivity contribution is -0.170. The molecule has 6 heteroatoms. The molecule has 6 nitrogen and oxygen atoms in total. The Morgan fingerprint density at radius 2 is 1.67 bits per heavy atom. The van der Waals surface area contributed by atoms with Gasteiger partial charge in [0.15, 0.2) is 5.72 Å². The minimum atomic E-state index is -1.06. The molecule has 0 aliphatic carbocycles. The zero-order valence-corrected chi connectivity index (χ0v) is 18.5. The zero-order chi connectivity index (χ0) is 22.8. The Balaban J connectivity index is 1.45. The van der Waals surface area contributed by atoms with E-state index in [1.165, 1.54) is 4.90 Å². The number of hydrogen-bond acceptors (Lipinski definition) is 4. The third-order valence-corrected chi connectivity index (χ3v) is 6.33. The first-order chi connectivity index (χ1) is 16.1. The fourth-order valence-corrected chi connectivity index (χ4v) is 4.65. The molecule has 0 bridgehead atoms. The number of ether oxygens (including phenoxy) is 2. The Morgan fingerprint density at radius 3 is 2.36 bits per heavy atom. The summed E-state index contributed by atoms with van der Waals surface area (Å²) in [7, 11) is 0. The molecule has 2 aliphatic rings. The van der Waals surface area contributed by atoms with Gasteiger partial charge in [0.25, 0.3) is 0 Å². The Bertz CT molecular complexity index is 1130. The van der Waals surface area contributed by atoms with Crippen LogP contribution in [-0.2, 0) is 26.6 Å². The van der Waals surface area contributed by atoms with Gasteiger partial charge in [-0.3, -0.25) is 14.6 Å². The first-order valence-corrected chi connectivity index (χ1v) is 11.1. The second-order valence-corrected chi connectivity index (χ2v) is 8.55. The van der Waals surface area contributed by atoms with Gasteiger partial charge in [0.2, 0.25) is 5.91 Å². The Hall–Kier alpha value is -3.64. The number of carbonyl (C=O) groups is 2. The summed E-state index contributed by atoms with van der Waals surface area (Å²) < 4.78 is 11.9. The highest BCUT2D eigenvalue weighted by atomic mass is 16.6. The number of carbonyl (C=O) groups excluding carboxylic acids is 2. The Morgan fingerprint density at radius 1 is 1.00 bits per heavy atom. The topological polar surface area (TPSA) is 59.1 Å². The van der Waals surface area contributed by atoms with E-state index in [4.69, 9.17) is 9.47 Å². The molecule has 0 spiro atoms. The standard InChI is InChI=1S/C27H26N2O4/c1-20-12-14-23(15-13-20)27-19-28(26(31)32-17-21-8-4-2-5-9-21)16-25(30)29(27)24(18-33-27)22-10-6-3-7-11-22/h2-15,24H,16-19H2,1H3/t24-,27+/m0/s1. The van der Waals surface area contributed by atoms with Gasteiger partial charge in [-0.2, -0.15) is 0 Å². The van der Waals surface area contributed by atoms with Gasteiger partial charge < -0.3 is 9.47 Å². The molecular weight excluding hydrogens is 416 g/mol. The number of benzene rings is 3. The predicted octanol–water partition coefficient (Wildman–Crippen LogP) is 4.40. The third kappa shape index (κ3) is 3.98.